The fraction of sp³-hybridized carbons (Fsp3) is 0.368. The fourth-order valence-electron chi connectivity index (χ4n) is 3.29. The third-order valence-corrected chi connectivity index (χ3v) is 4.47. The Hall–Kier alpha value is -1.94. The number of hydrogen-bond donors (Lipinski definition) is 1. The van der Waals surface area contributed by atoms with E-state index < -0.39 is 11.8 Å². The number of ether oxygens (including phenoxy) is 1. The molecule has 0 saturated heterocycles. The first-order chi connectivity index (χ1) is 10.9. The number of nitrogens with one attached hydrogen (secondary N) is 1. The van der Waals surface area contributed by atoms with Crippen molar-refractivity contribution >= 4 is 0 Å². The second kappa shape index (κ2) is 5.93. The largest absolute Gasteiger partial charge is 0.482 e. The van der Waals surface area contributed by atoms with Gasteiger partial charge in [-0.1, -0.05) is 29.8 Å². The van der Waals surface area contributed by atoms with Gasteiger partial charge in [-0.25, -0.2) is 8.78 Å². The van der Waals surface area contributed by atoms with Crippen molar-refractivity contribution in [1.29, 1.82) is 0 Å². The summed E-state index contributed by atoms with van der Waals surface area (Å²) < 4.78 is 35.3. The van der Waals surface area contributed by atoms with E-state index in [9.17, 15) is 4.39 Å². The van der Waals surface area contributed by atoms with Gasteiger partial charge in [-0.05, 0) is 44.2 Å². The molecular formula is C19H21F2NO. The van der Waals surface area contributed by atoms with Crippen molar-refractivity contribution in [3.8, 4) is 5.75 Å². The molecule has 1 aliphatic carbocycles. The number of fused-ring (bicyclic) bond motifs is 1. The number of hydrogen-bond acceptors (Lipinski definition) is 2. The Labute approximate surface area is 135 Å². The van der Waals surface area contributed by atoms with E-state index in [4.69, 9.17) is 4.74 Å². The quantitative estimate of drug-likeness (QED) is 0.918. The van der Waals surface area contributed by atoms with E-state index in [0.717, 1.165) is 16.7 Å². The molecule has 0 aliphatic heterocycles. The van der Waals surface area contributed by atoms with Gasteiger partial charge in [0.2, 0.25) is 0 Å². The van der Waals surface area contributed by atoms with Crippen LogP contribution in [0.5, 0.6) is 5.75 Å². The SMILES string of the molecule is CNCC1(F)Cc2cc(C)ccc2C1Oc1cccc(F)c1C. The number of halogens is 2. The molecule has 0 aromatic heterocycles. The van der Waals surface area contributed by atoms with Gasteiger partial charge >= 0.3 is 0 Å². The van der Waals surface area contributed by atoms with Gasteiger partial charge in [0, 0.05) is 18.5 Å². The van der Waals surface area contributed by atoms with Crippen molar-refractivity contribution in [2.75, 3.05) is 13.6 Å². The summed E-state index contributed by atoms with van der Waals surface area (Å²) in [5, 5.41) is 2.91. The molecule has 0 saturated carbocycles. The Morgan fingerprint density at radius 2 is 2.04 bits per heavy atom. The molecule has 0 radical (unpaired) electrons. The van der Waals surface area contributed by atoms with Gasteiger partial charge in [0.15, 0.2) is 11.8 Å². The van der Waals surface area contributed by atoms with Gasteiger partial charge < -0.3 is 10.1 Å². The minimum Gasteiger partial charge on any atom is -0.482 e. The van der Waals surface area contributed by atoms with Crippen LogP contribution in [0.15, 0.2) is 36.4 Å². The molecule has 1 aliphatic rings. The third-order valence-electron chi connectivity index (χ3n) is 4.47. The highest BCUT2D eigenvalue weighted by Gasteiger charge is 2.48. The molecule has 2 aromatic carbocycles. The maximum Gasteiger partial charge on any atom is 0.168 e. The maximum atomic E-state index is 15.5. The summed E-state index contributed by atoms with van der Waals surface area (Å²) in [7, 11) is 1.72. The van der Waals surface area contributed by atoms with Gasteiger partial charge in [-0.2, -0.15) is 0 Å². The molecule has 23 heavy (non-hydrogen) atoms. The predicted molar refractivity (Wildman–Crippen MR) is 87.2 cm³/mol. The number of benzene rings is 2. The number of alkyl halides is 1. The standard InChI is InChI=1S/C19H21F2NO/c1-12-7-8-15-14(9-12)10-19(21,11-22-3)18(15)23-17-6-4-5-16(20)13(17)2/h4-9,18,22H,10-11H2,1-3H3. The Kier molecular flexibility index (Phi) is 4.11. The van der Waals surface area contributed by atoms with E-state index in [1.54, 1.807) is 26.1 Å². The zero-order valence-electron chi connectivity index (χ0n) is 13.6. The van der Waals surface area contributed by atoms with Crippen LogP contribution in [0.25, 0.3) is 0 Å². The fourth-order valence-corrected chi connectivity index (χ4v) is 3.29. The normalized spacial score (nSPS) is 22.9. The highest BCUT2D eigenvalue weighted by molar-refractivity contribution is 5.43. The smallest absolute Gasteiger partial charge is 0.168 e. The Morgan fingerprint density at radius 1 is 1.26 bits per heavy atom. The minimum atomic E-state index is -1.55. The van der Waals surface area contributed by atoms with Gasteiger partial charge in [0.05, 0.1) is 0 Å². The Morgan fingerprint density at radius 3 is 2.78 bits per heavy atom. The summed E-state index contributed by atoms with van der Waals surface area (Å²) >= 11 is 0. The third kappa shape index (κ3) is 2.83. The summed E-state index contributed by atoms with van der Waals surface area (Å²) in [6.45, 7) is 3.82. The zero-order chi connectivity index (χ0) is 16.6. The average Bonchev–Trinajstić information content (AvgIpc) is 2.75. The highest BCUT2D eigenvalue weighted by atomic mass is 19.1. The van der Waals surface area contributed by atoms with Gasteiger partial charge in [0.25, 0.3) is 0 Å². The number of aryl methyl sites for hydroxylation is 1. The van der Waals surface area contributed by atoms with Crippen LogP contribution in [0.3, 0.4) is 0 Å². The van der Waals surface area contributed by atoms with E-state index >= 15 is 4.39 Å². The molecule has 0 bridgehead atoms. The Bertz CT molecular complexity index is 731. The first-order valence-electron chi connectivity index (χ1n) is 7.79. The molecule has 0 spiro atoms. The average molecular weight is 317 g/mol. The van der Waals surface area contributed by atoms with E-state index in [1.165, 1.54) is 6.07 Å². The van der Waals surface area contributed by atoms with Crippen molar-refractivity contribution in [3.05, 3.63) is 64.5 Å². The summed E-state index contributed by atoms with van der Waals surface area (Å²) in [5.41, 5.74) is 1.75. The molecule has 122 valence electrons. The van der Waals surface area contributed by atoms with Crippen LogP contribution < -0.4 is 10.1 Å². The lowest BCUT2D eigenvalue weighted by molar-refractivity contribution is 0.0226. The van der Waals surface area contributed by atoms with Crippen LogP contribution in [0.1, 0.15) is 28.4 Å². The van der Waals surface area contributed by atoms with E-state index in [0.29, 0.717) is 17.7 Å². The second-order valence-electron chi connectivity index (χ2n) is 6.30. The molecule has 4 heteroatoms. The number of rotatable bonds is 4. The lowest BCUT2D eigenvalue weighted by Gasteiger charge is -2.29. The van der Waals surface area contributed by atoms with Crippen LogP contribution in [-0.2, 0) is 6.42 Å². The molecule has 0 heterocycles. The molecule has 2 atom stereocenters. The van der Waals surface area contributed by atoms with Crippen LogP contribution >= 0.6 is 0 Å². The summed E-state index contributed by atoms with van der Waals surface area (Å²) in [6.07, 6.45) is -0.449. The van der Waals surface area contributed by atoms with E-state index in [2.05, 4.69) is 5.32 Å². The topological polar surface area (TPSA) is 21.3 Å². The monoisotopic (exact) mass is 317 g/mol. The molecule has 2 unspecified atom stereocenters. The zero-order valence-corrected chi connectivity index (χ0v) is 13.6. The van der Waals surface area contributed by atoms with Crippen LogP contribution in [0, 0.1) is 19.7 Å². The van der Waals surface area contributed by atoms with Crippen LogP contribution in [-0.4, -0.2) is 19.3 Å². The van der Waals surface area contributed by atoms with E-state index in [-0.39, 0.29) is 12.4 Å². The first-order valence-corrected chi connectivity index (χ1v) is 7.79. The molecule has 1 N–H and O–H groups in total. The lowest BCUT2D eigenvalue weighted by atomic mass is 9.99. The maximum absolute atomic E-state index is 15.5. The van der Waals surface area contributed by atoms with Crippen molar-refractivity contribution in [2.45, 2.75) is 32.0 Å². The summed E-state index contributed by atoms with van der Waals surface area (Å²) in [5.74, 6) is 0.0456. The molecule has 3 rings (SSSR count). The van der Waals surface area contributed by atoms with Crippen molar-refractivity contribution in [1.82, 2.24) is 5.32 Å². The lowest BCUT2D eigenvalue weighted by Crippen LogP contribution is -2.41. The molecule has 0 amide bonds. The van der Waals surface area contributed by atoms with Crippen LogP contribution in [0.2, 0.25) is 0 Å². The van der Waals surface area contributed by atoms with Gasteiger partial charge in [-0.3, -0.25) is 0 Å². The molecule has 2 nitrogen and oxygen atoms in total. The van der Waals surface area contributed by atoms with Gasteiger partial charge in [-0.15, -0.1) is 0 Å². The minimum absolute atomic E-state index is 0.180. The highest BCUT2D eigenvalue weighted by Crippen LogP contribution is 2.45. The van der Waals surface area contributed by atoms with E-state index in [1.807, 2.05) is 25.1 Å². The first kappa shape index (κ1) is 15.9. The summed E-state index contributed by atoms with van der Waals surface area (Å²) in [4.78, 5) is 0. The second-order valence-corrected chi connectivity index (χ2v) is 6.30. The summed E-state index contributed by atoms with van der Waals surface area (Å²) in [6, 6.07) is 10.5. The molecular weight excluding hydrogens is 296 g/mol. The van der Waals surface area contributed by atoms with Gasteiger partial charge in [0.1, 0.15) is 11.6 Å². The van der Waals surface area contributed by atoms with Crippen LogP contribution in [0.4, 0.5) is 8.78 Å². The van der Waals surface area contributed by atoms with Crippen molar-refractivity contribution in [3.63, 3.8) is 0 Å². The predicted octanol–water partition coefficient (Wildman–Crippen LogP) is 4.05. The Balaban J connectivity index is 2.02. The molecule has 2 aromatic rings. The molecule has 0 fully saturated rings. The van der Waals surface area contributed by atoms with Crippen molar-refractivity contribution < 1.29 is 13.5 Å². The van der Waals surface area contributed by atoms with Crippen molar-refractivity contribution in [2.24, 2.45) is 0 Å².